The van der Waals surface area contributed by atoms with Crippen LogP contribution in [-0.2, 0) is 9.47 Å². The molecule has 0 rings (SSSR count). The maximum absolute atomic E-state index is 5.49. The molecule has 0 bridgehead atoms. The second-order valence-electron chi connectivity index (χ2n) is 10.0. The van der Waals surface area contributed by atoms with Gasteiger partial charge < -0.3 is 26.4 Å². The molecule has 0 saturated carbocycles. The van der Waals surface area contributed by atoms with Crippen molar-refractivity contribution in [1.29, 1.82) is 0 Å². The van der Waals surface area contributed by atoms with Gasteiger partial charge in [0.2, 0.25) is 0 Å². The number of rotatable bonds is 23. The van der Waals surface area contributed by atoms with E-state index in [0.717, 1.165) is 10.1 Å². The van der Waals surface area contributed by atoms with Gasteiger partial charge in [0.15, 0.2) is 9.52 Å². The highest BCUT2D eigenvalue weighted by Crippen LogP contribution is 2.16. The van der Waals surface area contributed by atoms with Crippen molar-refractivity contribution in [2.45, 2.75) is 135 Å². The molecule has 3 nitrogen and oxygen atoms in total. The molecule has 0 saturated heterocycles. The molecule has 0 amide bonds. The zero-order chi connectivity index (χ0) is 22.5. The van der Waals surface area contributed by atoms with E-state index >= 15 is 0 Å². The fourth-order valence-electron chi connectivity index (χ4n) is 4.71. The topological polar surface area (TPSA) is 18.5 Å². The van der Waals surface area contributed by atoms with Crippen LogP contribution in [0.2, 0.25) is 0 Å². The summed E-state index contributed by atoms with van der Waals surface area (Å²) in [5.41, 5.74) is 0.742. The van der Waals surface area contributed by atoms with E-state index in [1.807, 2.05) is 0 Å². The third kappa shape index (κ3) is 19.6. The average molecular weight is 480 g/mol. The van der Waals surface area contributed by atoms with Gasteiger partial charge in [0.1, 0.15) is 5.91 Å². The maximum atomic E-state index is 5.49. The molecule has 5 heteroatoms. The van der Waals surface area contributed by atoms with E-state index in [1.165, 1.54) is 116 Å². The molecule has 0 aliphatic heterocycles. The lowest BCUT2D eigenvalue weighted by molar-refractivity contribution is -0.903. The van der Waals surface area contributed by atoms with E-state index in [9.17, 15) is 0 Å². The smallest absolute Gasteiger partial charge is 0.158 e. The van der Waals surface area contributed by atoms with Crippen molar-refractivity contribution in [1.82, 2.24) is 0 Å². The Hall–Kier alpha value is 0.387. The summed E-state index contributed by atoms with van der Waals surface area (Å²) in [6.07, 6.45) is 24.3. The molecular formula is C26H58ClNO2Si. The monoisotopic (exact) mass is 479 g/mol. The molecule has 0 N–H and O–H groups in total. The van der Waals surface area contributed by atoms with Crippen molar-refractivity contribution in [2.24, 2.45) is 0 Å². The van der Waals surface area contributed by atoms with E-state index in [1.54, 1.807) is 14.2 Å². The summed E-state index contributed by atoms with van der Waals surface area (Å²) in [6.45, 7) is 5.92. The van der Waals surface area contributed by atoms with E-state index in [2.05, 4.69) is 27.9 Å². The quantitative estimate of drug-likeness (QED) is 0.0959. The first-order valence-electron chi connectivity index (χ1n) is 13.4. The molecule has 1 atom stereocenters. The Kier molecular flexibility index (Phi) is 25.5. The summed E-state index contributed by atoms with van der Waals surface area (Å²) in [6, 6.07) is 0. The van der Waals surface area contributed by atoms with Gasteiger partial charge in [0, 0.05) is 14.2 Å². The highest BCUT2D eigenvalue weighted by atomic mass is 35.5. The molecule has 0 radical (unpaired) electrons. The second-order valence-corrected chi connectivity index (χ2v) is 12.1. The van der Waals surface area contributed by atoms with Crippen LogP contribution in [0.3, 0.4) is 0 Å². The van der Waals surface area contributed by atoms with Crippen LogP contribution in [0.4, 0.5) is 0 Å². The zero-order valence-corrected chi connectivity index (χ0v) is 24.4. The van der Waals surface area contributed by atoms with Gasteiger partial charge in [-0.25, -0.2) is 0 Å². The average Bonchev–Trinajstić information content (AvgIpc) is 2.74. The summed E-state index contributed by atoms with van der Waals surface area (Å²) in [4.78, 5) is 0. The lowest BCUT2D eigenvalue weighted by Gasteiger charge is -2.39. The molecule has 190 valence electrons. The Morgan fingerprint density at radius 1 is 0.613 bits per heavy atom. The lowest BCUT2D eigenvalue weighted by Crippen LogP contribution is -3.00. The van der Waals surface area contributed by atoms with Crippen LogP contribution in [0, 0.1) is 0 Å². The molecule has 0 aromatic carbocycles. The standard InChI is InChI=1S/C26H58NO2Si.ClH/c1-7-9-10-11-12-13-14-15-16-17-18-19-20-21-22-23-24-27(3,4)25(8-2)30-26(28-5)29-6;/h25-26H,7-24,30H2,1-6H3;1H/q+1;/p-1. The van der Waals surface area contributed by atoms with Gasteiger partial charge in [0.25, 0.3) is 0 Å². The number of ether oxygens (including phenoxy) is 2. The normalized spacial score (nSPS) is 13.3. The number of nitrogens with zero attached hydrogens (tertiary/aromatic N) is 1. The van der Waals surface area contributed by atoms with E-state index < -0.39 is 9.52 Å². The Bertz CT molecular complexity index is 354. The molecule has 0 aliphatic carbocycles. The molecule has 31 heavy (non-hydrogen) atoms. The van der Waals surface area contributed by atoms with Gasteiger partial charge in [0.05, 0.1) is 26.3 Å². The predicted octanol–water partition coefficient (Wildman–Crippen LogP) is 3.81. The number of hydrogen-bond acceptors (Lipinski definition) is 2. The third-order valence-electron chi connectivity index (χ3n) is 7.04. The van der Waals surface area contributed by atoms with E-state index in [-0.39, 0.29) is 18.3 Å². The molecule has 0 fully saturated rings. The SMILES string of the molecule is CCCCCCCCCCCCCCCCCC[N+](C)(C)C(CC)[SiH2]C(OC)OC.[Cl-]. The predicted molar refractivity (Wildman–Crippen MR) is 137 cm³/mol. The van der Waals surface area contributed by atoms with Crippen molar-refractivity contribution < 1.29 is 26.4 Å². The lowest BCUT2D eigenvalue weighted by atomic mass is 10.0. The third-order valence-corrected chi connectivity index (χ3v) is 10.2. The first-order valence-corrected chi connectivity index (χ1v) is 15.0. The van der Waals surface area contributed by atoms with Gasteiger partial charge in [-0.2, -0.15) is 0 Å². The second kappa shape index (κ2) is 23.5. The van der Waals surface area contributed by atoms with Crippen LogP contribution in [0.5, 0.6) is 0 Å². The molecule has 1 unspecified atom stereocenters. The van der Waals surface area contributed by atoms with Crippen LogP contribution in [0.1, 0.15) is 123 Å². The van der Waals surface area contributed by atoms with Crippen molar-refractivity contribution in [3.8, 4) is 0 Å². The van der Waals surface area contributed by atoms with Crippen molar-refractivity contribution in [3.05, 3.63) is 0 Å². The van der Waals surface area contributed by atoms with Gasteiger partial charge in [-0.15, -0.1) is 0 Å². The first-order chi connectivity index (χ1) is 14.5. The Balaban J connectivity index is 0. The van der Waals surface area contributed by atoms with E-state index in [0.29, 0.717) is 0 Å². The van der Waals surface area contributed by atoms with Crippen LogP contribution >= 0.6 is 0 Å². The fraction of sp³-hybridized carbons (Fsp3) is 1.00. The van der Waals surface area contributed by atoms with Crippen molar-refractivity contribution >= 4 is 9.52 Å². The Labute approximate surface area is 205 Å². The fourth-order valence-corrected chi connectivity index (χ4v) is 6.62. The molecule has 0 spiro atoms. The number of unbranched alkanes of at least 4 members (excludes halogenated alkanes) is 15. The highest BCUT2D eigenvalue weighted by Gasteiger charge is 2.29. The Morgan fingerprint density at radius 3 is 1.29 bits per heavy atom. The number of quaternary nitrogens is 1. The minimum absolute atomic E-state index is 0. The van der Waals surface area contributed by atoms with Gasteiger partial charge in [-0.3, -0.25) is 0 Å². The summed E-state index contributed by atoms with van der Waals surface area (Å²) in [5.74, 6) is 0.0677. The van der Waals surface area contributed by atoms with Crippen LogP contribution < -0.4 is 12.4 Å². The van der Waals surface area contributed by atoms with E-state index in [4.69, 9.17) is 9.47 Å². The number of methoxy groups -OCH3 is 2. The minimum Gasteiger partial charge on any atom is -1.00 e. The number of halogens is 1. The van der Waals surface area contributed by atoms with Gasteiger partial charge in [-0.05, 0) is 19.3 Å². The van der Waals surface area contributed by atoms with Crippen LogP contribution in [0.15, 0.2) is 0 Å². The largest absolute Gasteiger partial charge is 1.00 e. The summed E-state index contributed by atoms with van der Waals surface area (Å²) < 4.78 is 12.1. The molecule has 0 aliphatic rings. The summed E-state index contributed by atoms with van der Waals surface area (Å²) >= 11 is 0. The summed E-state index contributed by atoms with van der Waals surface area (Å²) in [7, 11) is 7.98. The van der Waals surface area contributed by atoms with Crippen LogP contribution in [-0.4, -0.2) is 60.4 Å². The summed E-state index contributed by atoms with van der Waals surface area (Å²) in [5, 5.41) is 0. The first kappa shape index (κ1) is 33.6. The number of hydrogen-bond donors (Lipinski definition) is 0. The molecular weight excluding hydrogens is 422 g/mol. The molecule has 0 aromatic rings. The maximum Gasteiger partial charge on any atom is 0.158 e. The molecule has 0 heterocycles. The Morgan fingerprint density at radius 2 is 0.968 bits per heavy atom. The highest BCUT2D eigenvalue weighted by molar-refractivity contribution is 6.38. The zero-order valence-electron chi connectivity index (χ0n) is 22.2. The minimum atomic E-state index is -0.404. The van der Waals surface area contributed by atoms with Crippen molar-refractivity contribution in [2.75, 3.05) is 34.9 Å². The molecule has 0 aromatic heterocycles. The van der Waals surface area contributed by atoms with Gasteiger partial charge >= 0.3 is 0 Å². The van der Waals surface area contributed by atoms with Crippen LogP contribution in [0.25, 0.3) is 0 Å². The van der Waals surface area contributed by atoms with Gasteiger partial charge in [-0.1, -0.05) is 104 Å². The van der Waals surface area contributed by atoms with Crippen molar-refractivity contribution in [3.63, 3.8) is 0 Å².